The van der Waals surface area contributed by atoms with E-state index in [4.69, 9.17) is 59.7 Å². The van der Waals surface area contributed by atoms with Gasteiger partial charge in [-0.25, -0.2) is 15.0 Å². The van der Waals surface area contributed by atoms with E-state index < -0.39 is 11.2 Å². The lowest BCUT2D eigenvalue weighted by molar-refractivity contribution is 0.102. The number of aryl methyl sites for hydroxylation is 1. The monoisotopic (exact) mass is 429 g/mol. The highest BCUT2D eigenvalue weighted by Crippen LogP contribution is 2.21. The van der Waals surface area contributed by atoms with Gasteiger partial charge in [-0.2, -0.15) is 0 Å². The van der Waals surface area contributed by atoms with Crippen LogP contribution < -0.4 is 31.9 Å². The highest BCUT2D eigenvalue weighted by Gasteiger charge is 2.22. The molecule has 14 heteroatoms. The SMILES string of the molecule is [B]c1c([B])c(C(=O)Nc2cc3nc(-c4cncn4C)ccc3cn2)c([B])c([B])c1OC([B])([B])[B]. The number of benzene rings is 1. The van der Waals surface area contributed by atoms with Crippen molar-refractivity contribution in [1.82, 2.24) is 19.5 Å². The van der Waals surface area contributed by atoms with Crippen molar-refractivity contribution in [2.24, 2.45) is 7.05 Å². The van der Waals surface area contributed by atoms with Gasteiger partial charge in [-0.05, 0) is 17.4 Å². The summed E-state index contributed by atoms with van der Waals surface area (Å²) in [6.07, 6.45) is 4.95. The lowest BCUT2D eigenvalue weighted by Gasteiger charge is -2.29. The van der Waals surface area contributed by atoms with E-state index in [1.54, 1.807) is 24.8 Å². The summed E-state index contributed by atoms with van der Waals surface area (Å²) >= 11 is 0. The Bertz CT molecular complexity index is 1410. The first-order chi connectivity index (χ1) is 16.0. The molecule has 0 unspecified atom stereocenters. The average molecular weight is 428 g/mol. The van der Waals surface area contributed by atoms with Crippen molar-refractivity contribution >= 4 is 99.4 Å². The van der Waals surface area contributed by atoms with Crippen LogP contribution in [0.5, 0.6) is 5.75 Å². The maximum Gasteiger partial charge on any atom is 0.255 e. The third-order valence-corrected chi connectivity index (χ3v) is 5.01. The molecule has 14 radical (unpaired) electrons. The number of amides is 1. The minimum Gasteiger partial charge on any atom is -0.517 e. The first-order valence-electron chi connectivity index (χ1n) is 9.82. The van der Waals surface area contributed by atoms with Crippen molar-refractivity contribution in [2.45, 2.75) is 5.30 Å². The molecule has 1 amide bonds. The van der Waals surface area contributed by atoms with E-state index in [0.717, 1.165) is 11.1 Å². The molecule has 4 aromatic rings. The molecule has 0 spiro atoms. The normalized spacial score (nSPS) is 11.4. The number of imidazole rings is 1. The number of ether oxygens (including phenoxy) is 1. The number of carbonyl (C=O) groups is 1. The molecule has 3 aromatic heterocycles. The minimum atomic E-state index is -2.10. The number of aromatic nitrogens is 4. The Balaban J connectivity index is 1.68. The average Bonchev–Trinajstić information content (AvgIpc) is 3.20. The van der Waals surface area contributed by atoms with Crippen LogP contribution in [-0.2, 0) is 7.05 Å². The number of pyridine rings is 2. The summed E-state index contributed by atoms with van der Waals surface area (Å²) in [6, 6.07) is 5.33. The predicted molar refractivity (Wildman–Crippen MR) is 138 cm³/mol. The summed E-state index contributed by atoms with van der Waals surface area (Å²) in [5, 5.41) is 1.30. The number of fused-ring (bicyclic) bond motifs is 1. The van der Waals surface area contributed by atoms with Crippen LogP contribution >= 0.6 is 0 Å². The smallest absolute Gasteiger partial charge is 0.255 e. The molecule has 148 valence electrons. The van der Waals surface area contributed by atoms with Crippen LogP contribution in [0.1, 0.15) is 10.4 Å². The van der Waals surface area contributed by atoms with Crippen LogP contribution in [0.25, 0.3) is 22.3 Å². The Kier molecular flexibility index (Phi) is 6.19. The molecule has 1 aromatic carbocycles. The third-order valence-electron chi connectivity index (χ3n) is 5.01. The van der Waals surface area contributed by atoms with Crippen LogP contribution in [0, 0.1) is 0 Å². The van der Waals surface area contributed by atoms with Gasteiger partial charge in [0, 0.05) is 30.3 Å². The molecule has 1 N–H and O–H groups in total. The van der Waals surface area contributed by atoms with E-state index in [2.05, 4.69) is 20.3 Å². The van der Waals surface area contributed by atoms with Gasteiger partial charge in [0.1, 0.15) is 66.5 Å². The van der Waals surface area contributed by atoms with Gasteiger partial charge in [-0.15, -0.1) is 0 Å². The minimum absolute atomic E-state index is 0.169. The van der Waals surface area contributed by atoms with Gasteiger partial charge in [0.2, 0.25) is 0 Å². The molecule has 34 heavy (non-hydrogen) atoms. The van der Waals surface area contributed by atoms with Crippen LogP contribution in [0.4, 0.5) is 5.82 Å². The molecule has 0 atom stereocenters. The molecule has 4 rings (SSSR count). The van der Waals surface area contributed by atoms with E-state index in [1.165, 1.54) is 0 Å². The zero-order valence-electron chi connectivity index (χ0n) is 18.1. The fourth-order valence-electron chi connectivity index (χ4n) is 3.35. The van der Waals surface area contributed by atoms with Crippen molar-refractivity contribution in [3.63, 3.8) is 0 Å². The van der Waals surface area contributed by atoms with Gasteiger partial charge in [0.05, 0.1) is 29.4 Å². The number of hydrogen-bond donors (Lipinski definition) is 1. The highest BCUT2D eigenvalue weighted by molar-refractivity contribution is 6.62. The third kappa shape index (κ3) is 4.54. The second-order valence-corrected chi connectivity index (χ2v) is 7.62. The zero-order chi connectivity index (χ0) is 24.8. The summed E-state index contributed by atoms with van der Waals surface area (Å²) in [6.45, 7) is 0. The summed E-state index contributed by atoms with van der Waals surface area (Å²) < 4.78 is 6.98. The lowest BCUT2D eigenvalue weighted by Crippen LogP contribution is -2.51. The summed E-state index contributed by atoms with van der Waals surface area (Å²) in [5.74, 6) is -0.725. The van der Waals surface area contributed by atoms with E-state index in [-0.39, 0.29) is 39.0 Å². The Hall–Kier alpha value is -3.29. The van der Waals surface area contributed by atoms with Gasteiger partial charge in [0.25, 0.3) is 5.91 Å². The van der Waals surface area contributed by atoms with Crippen molar-refractivity contribution < 1.29 is 9.53 Å². The Labute approximate surface area is 205 Å². The Morgan fingerprint density at radius 1 is 1.03 bits per heavy atom. The number of nitrogens with zero attached hydrogens (tertiary/aromatic N) is 4. The number of nitrogens with one attached hydrogen (secondary N) is 1. The van der Waals surface area contributed by atoms with Gasteiger partial charge < -0.3 is 14.6 Å². The molecule has 7 nitrogen and oxygen atoms in total. The van der Waals surface area contributed by atoms with E-state index in [9.17, 15) is 4.79 Å². The number of anilines is 1. The molecule has 0 aliphatic rings. The first kappa shape index (κ1) is 23.9. The quantitative estimate of drug-likeness (QED) is 0.342. The molecule has 3 heterocycles. The van der Waals surface area contributed by atoms with E-state index in [1.807, 2.05) is 23.7 Å². The number of hydrogen-bond acceptors (Lipinski definition) is 5. The summed E-state index contributed by atoms with van der Waals surface area (Å²) in [7, 11) is 42.2. The predicted octanol–water partition coefficient (Wildman–Crippen LogP) is -3.05. The highest BCUT2D eigenvalue weighted by atomic mass is 16.5. The zero-order valence-corrected chi connectivity index (χ0v) is 18.1. The summed E-state index contributed by atoms with van der Waals surface area (Å²) in [5.41, 5.74) is 1.18. The van der Waals surface area contributed by atoms with E-state index >= 15 is 0 Å². The maximum absolute atomic E-state index is 13.0. The van der Waals surface area contributed by atoms with Crippen molar-refractivity contribution in [2.75, 3.05) is 5.32 Å². The van der Waals surface area contributed by atoms with Gasteiger partial charge in [-0.3, -0.25) is 4.79 Å². The van der Waals surface area contributed by atoms with E-state index in [0.29, 0.717) is 11.2 Å². The van der Waals surface area contributed by atoms with Crippen molar-refractivity contribution in [3.8, 4) is 17.1 Å². The molecule has 0 saturated heterocycles. The number of rotatable bonds is 5. The Morgan fingerprint density at radius 3 is 2.29 bits per heavy atom. The summed E-state index contributed by atoms with van der Waals surface area (Å²) in [4.78, 5) is 26.0. The molecule has 0 fully saturated rings. The van der Waals surface area contributed by atoms with Crippen LogP contribution in [0.2, 0.25) is 0 Å². The Morgan fingerprint density at radius 2 is 1.71 bits per heavy atom. The molecule has 0 bridgehead atoms. The topological polar surface area (TPSA) is 81.9 Å². The fraction of sp³-hybridized carbons (Fsp3) is 0.100. The maximum atomic E-state index is 13.0. The van der Waals surface area contributed by atoms with Crippen molar-refractivity contribution in [3.05, 3.63) is 42.5 Å². The second-order valence-electron chi connectivity index (χ2n) is 7.62. The molecule has 0 saturated carbocycles. The molecular formula is C20H10B7N5O2. The first-order valence-corrected chi connectivity index (χ1v) is 9.82. The lowest BCUT2D eigenvalue weighted by atomic mass is 9.52. The molecule has 0 aliphatic carbocycles. The second kappa shape index (κ2) is 8.82. The molecule has 0 aliphatic heterocycles. The van der Waals surface area contributed by atoms with Crippen LogP contribution in [-0.4, -0.2) is 85.6 Å². The number of carbonyl (C=O) groups excluding carboxylic acids is 1. The van der Waals surface area contributed by atoms with Crippen LogP contribution in [0.15, 0.2) is 36.9 Å². The van der Waals surface area contributed by atoms with Gasteiger partial charge >= 0.3 is 0 Å². The van der Waals surface area contributed by atoms with Crippen molar-refractivity contribution in [1.29, 1.82) is 0 Å². The fourth-order valence-corrected chi connectivity index (χ4v) is 3.35. The molecular weight excluding hydrogens is 418 g/mol. The standard InChI is InChI=1S/C20H10B7N5O2/c1-32-7-28-6-11(32)9-3-2-8-5-29-12(4-10(8)30-9)31-19(33)13-14(21)16(23)18(17(24)15(13)22)34-20(25,26)27/h2-7H,1H3,(H,29,31,33). The van der Waals surface area contributed by atoms with Gasteiger partial charge in [-0.1, -0.05) is 21.9 Å². The largest absolute Gasteiger partial charge is 0.517 e. The van der Waals surface area contributed by atoms with Gasteiger partial charge in [0.15, 0.2) is 0 Å². The van der Waals surface area contributed by atoms with Crippen LogP contribution in [0.3, 0.4) is 0 Å².